The molecular weight excluding hydrogens is 267 g/mol. The van der Waals surface area contributed by atoms with Crippen molar-refractivity contribution in [1.82, 2.24) is 10.3 Å². The van der Waals surface area contributed by atoms with Gasteiger partial charge in [-0.25, -0.2) is 4.39 Å². The Bertz CT molecular complexity index is 581. The summed E-state index contributed by atoms with van der Waals surface area (Å²) in [6.07, 6.45) is 1.95. The van der Waals surface area contributed by atoms with Crippen LogP contribution in [0.4, 0.5) is 4.39 Å². The summed E-state index contributed by atoms with van der Waals surface area (Å²) in [7, 11) is 0. The SMILES string of the molecule is CC(C)C(NC(=O)Cc1ccc(F)cc1)c1ccccn1. The smallest absolute Gasteiger partial charge is 0.224 e. The van der Waals surface area contributed by atoms with E-state index >= 15 is 0 Å². The number of carbonyl (C=O) groups excluding carboxylic acids is 1. The van der Waals surface area contributed by atoms with Crippen LogP contribution in [-0.2, 0) is 11.2 Å². The molecule has 1 aromatic carbocycles. The van der Waals surface area contributed by atoms with Crippen LogP contribution in [0.15, 0.2) is 48.7 Å². The van der Waals surface area contributed by atoms with Crippen LogP contribution in [0.25, 0.3) is 0 Å². The van der Waals surface area contributed by atoms with E-state index in [2.05, 4.69) is 10.3 Å². The maximum atomic E-state index is 12.9. The summed E-state index contributed by atoms with van der Waals surface area (Å²) in [4.78, 5) is 16.5. The average Bonchev–Trinajstić information content (AvgIpc) is 2.48. The number of amides is 1. The van der Waals surface area contributed by atoms with E-state index in [-0.39, 0.29) is 30.1 Å². The van der Waals surface area contributed by atoms with E-state index in [9.17, 15) is 9.18 Å². The summed E-state index contributed by atoms with van der Waals surface area (Å²) in [5.41, 5.74) is 1.64. The van der Waals surface area contributed by atoms with E-state index in [0.717, 1.165) is 11.3 Å². The summed E-state index contributed by atoms with van der Waals surface area (Å²) in [5, 5.41) is 3.00. The second-order valence-corrected chi connectivity index (χ2v) is 5.35. The fraction of sp³-hybridized carbons (Fsp3) is 0.294. The maximum Gasteiger partial charge on any atom is 0.224 e. The molecule has 0 fully saturated rings. The molecule has 0 aliphatic carbocycles. The molecule has 0 saturated carbocycles. The first-order chi connectivity index (χ1) is 10.1. The zero-order valence-electron chi connectivity index (χ0n) is 12.2. The van der Waals surface area contributed by atoms with Crippen molar-refractivity contribution in [3.8, 4) is 0 Å². The van der Waals surface area contributed by atoms with Crippen LogP contribution in [0.5, 0.6) is 0 Å². The van der Waals surface area contributed by atoms with Gasteiger partial charge in [0, 0.05) is 6.20 Å². The molecule has 110 valence electrons. The standard InChI is InChI=1S/C17H19FN2O/c1-12(2)17(15-5-3-4-10-19-15)20-16(21)11-13-6-8-14(18)9-7-13/h3-10,12,17H,11H2,1-2H3,(H,20,21). The van der Waals surface area contributed by atoms with E-state index in [1.165, 1.54) is 12.1 Å². The van der Waals surface area contributed by atoms with Crippen molar-refractivity contribution < 1.29 is 9.18 Å². The van der Waals surface area contributed by atoms with Gasteiger partial charge in [-0.1, -0.05) is 32.0 Å². The van der Waals surface area contributed by atoms with E-state index in [0.29, 0.717) is 0 Å². The van der Waals surface area contributed by atoms with E-state index < -0.39 is 0 Å². The number of carbonyl (C=O) groups is 1. The fourth-order valence-electron chi connectivity index (χ4n) is 2.15. The fourth-order valence-corrected chi connectivity index (χ4v) is 2.15. The molecule has 2 aromatic rings. The molecule has 1 atom stereocenters. The number of rotatable bonds is 5. The molecule has 1 N–H and O–H groups in total. The lowest BCUT2D eigenvalue weighted by Gasteiger charge is -2.22. The topological polar surface area (TPSA) is 42.0 Å². The molecule has 1 aromatic heterocycles. The first kappa shape index (κ1) is 15.2. The minimum absolute atomic E-state index is 0.0917. The van der Waals surface area contributed by atoms with Crippen LogP contribution in [-0.4, -0.2) is 10.9 Å². The van der Waals surface area contributed by atoms with Crippen molar-refractivity contribution in [2.75, 3.05) is 0 Å². The summed E-state index contributed by atoms with van der Waals surface area (Å²) < 4.78 is 12.9. The monoisotopic (exact) mass is 286 g/mol. The van der Waals surface area contributed by atoms with Gasteiger partial charge in [-0.15, -0.1) is 0 Å². The van der Waals surface area contributed by atoms with Gasteiger partial charge in [0.2, 0.25) is 5.91 Å². The number of pyridine rings is 1. The Balaban J connectivity index is 2.03. The minimum atomic E-state index is -0.298. The van der Waals surface area contributed by atoms with Gasteiger partial charge >= 0.3 is 0 Å². The molecule has 0 aliphatic heterocycles. The third-order valence-corrected chi connectivity index (χ3v) is 3.27. The van der Waals surface area contributed by atoms with Gasteiger partial charge in [0.1, 0.15) is 5.82 Å². The van der Waals surface area contributed by atoms with Crippen LogP contribution < -0.4 is 5.32 Å². The Kier molecular flexibility index (Phi) is 5.04. The Morgan fingerprint density at radius 3 is 2.48 bits per heavy atom. The van der Waals surface area contributed by atoms with Crippen LogP contribution in [0.2, 0.25) is 0 Å². The molecule has 0 spiro atoms. The molecule has 1 unspecified atom stereocenters. The van der Waals surface area contributed by atoms with Crippen molar-refractivity contribution in [2.45, 2.75) is 26.3 Å². The largest absolute Gasteiger partial charge is 0.347 e. The molecule has 0 saturated heterocycles. The van der Waals surface area contributed by atoms with Crippen LogP contribution in [0.1, 0.15) is 31.1 Å². The first-order valence-corrected chi connectivity index (χ1v) is 7.01. The molecule has 0 radical (unpaired) electrons. The highest BCUT2D eigenvalue weighted by molar-refractivity contribution is 5.79. The lowest BCUT2D eigenvalue weighted by Crippen LogP contribution is -2.33. The summed E-state index contributed by atoms with van der Waals surface area (Å²) in [6.45, 7) is 4.08. The number of hydrogen-bond donors (Lipinski definition) is 1. The van der Waals surface area contributed by atoms with Crippen molar-refractivity contribution in [3.63, 3.8) is 0 Å². The second-order valence-electron chi connectivity index (χ2n) is 5.35. The van der Waals surface area contributed by atoms with Crippen LogP contribution in [0.3, 0.4) is 0 Å². The van der Waals surface area contributed by atoms with Crippen LogP contribution >= 0.6 is 0 Å². The number of halogens is 1. The van der Waals surface area contributed by atoms with Crippen molar-refractivity contribution in [2.24, 2.45) is 5.92 Å². The number of nitrogens with one attached hydrogen (secondary N) is 1. The highest BCUT2D eigenvalue weighted by Crippen LogP contribution is 2.19. The minimum Gasteiger partial charge on any atom is -0.347 e. The summed E-state index contributed by atoms with van der Waals surface area (Å²) in [6, 6.07) is 11.5. The van der Waals surface area contributed by atoms with Gasteiger partial charge in [-0.05, 0) is 35.7 Å². The van der Waals surface area contributed by atoms with Crippen LogP contribution in [0, 0.1) is 11.7 Å². The third-order valence-electron chi connectivity index (χ3n) is 3.27. The highest BCUT2D eigenvalue weighted by atomic mass is 19.1. The van der Waals surface area contributed by atoms with E-state index in [1.54, 1.807) is 18.3 Å². The van der Waals surface area contributed by atoms with Crippen molar-refractivity contribution in [1.29, 1.82) is 0 Å². The zero-order valence-corrected chi connectivity index (χ0v) is 12.2. The quantitative estimate of drug-likeness (QED) is 0.916. The molecular formula is C17H19FN2O. The second kappa shape index (κ2) is 6.97. The average molecular weight is 286 g/mol. The van der Waals surface area contributed by atoms with E-state index in [4.69, 9.17) is 0 Å². The first-order valence-electron chi connectivity index (χ1n) is 7.01. The Morgan fingerprint density at radius 1 is 1.19 bits per heavy atom. The number of nitrogens with zero attached hydrogens (tertiary/aromatic N) is 1. The molecule has 1 heterocycles. The summed E-state index contributed by atoms with van der Waals surface area (Å²) >= 11 is 0. The van der Waals surface area contributed by atoms with Crippen molar-refractivity contribution in [3.05, 3.63) is 65.7 Å². The van der Waals surface area contributed by atoms with Crippen molar-refractivity contribution >= 4 is 5.91 Å². The van der Waals surface area contributed by atoms with Gasteiger partial charge < -0.3 is 5.32 Å². The van der Waals surface area contributed by atoms with Gasteiger partial charge in [-0.2, -0.15) is 0 Å². The zero-order chi connectivity index (χ0) is 15.2. The number of aromatic nitrogens is 1. The molecule has 2 rings (SSSR count). The van der Waals surface area contributed by atoms with Gasteiger partial charge in [0.25, 0.3) is 0 Å². The van der Waals surface area contributed by atoms with E-state index in [1.807, 2.05) is 32.0 Å². The Morgan fingerprint density at radius 2 is 1.90 bits per heavy atom. The van der Waals surface area contributed by atoms with Gasteiger partial charge in [0.05, 0.1) is 18.2 Å². The normalized spacial score (nSPS) is 12.2. The van der Waals surface area contributed by atoms with Gasteiger partial charge in [-0.3, -0.25) is 9.78 Å². The molecule has 4 heteroatoms. The Labute approximate surface area is 124 Å². The molecule has 0 bridgehead atoms. The molecule has 1 amide bonds. The number of hydrogen-bond acceptors (Lipinski definition) is 2. The maximum absolute atomic E-state index is 12.9. The highest BCUT2D eigenvalue weighted by Gasteiger charge is 2.19. The number of benzene rings is 1. The summed E-state index contributed by atoms with van der Waals surface area (Å²) in [5.74, 6) is -0.157. The van der Waals surface area contributed by atoms with Gasteiger partial charge in [0.15, 0.2) is 0 Å². The molecule has 21 heavy (non-hydrogen) atoms. The lowest BCUT2D eigenvalue weighted by atomic mass is 10.00. The Hall–Kier alpha value is -2.23. The predicted molar refractivity (Wildman–Crippen MR) is 80.1 cm³/mol. The molecule has 3 nitrogen and oxygen atoms in total. The lowest BCUT2D eigenvalue weighted by molar-refractivity contribution is -0.121. The predicted octanol–water partition coefficient (Wildman–Crippen LogP) is 3.28. The molecule has 0 aliphatic rings. The third kappa shape index (κ3) is 4.38.